The number of pyridine rings is 1. The quantitative estimate of drug-likeness (QED) is 0.660. The molecule has 1 saturated heterocycles. The van der Waals surface area contributed by atoms with Crippen LogP contribution in [0.3, 0.4) is 0 Å². The normalized spacial score (nSPS) is 15.6. The Labute approximate surface area is 181 Å². The third-order valence-electron chi connectivity index (χ3n) is 5.55. The van der Waals surface area contributed by atoms with E-state index < -0.39 is 6.10 Å². The number of rotatable bonds is 6. The molecule has 0 bridgehead atoms. The average Bonchev–Trinajstić information content (AvgIpc) is 2.83. The first-order chi connectivity index (χ1) is 15.2. The van der Waals surface area contributed by atoms with E-state index >= 15 is 0 Å². The summed E-state index contributed by atoms with van der Waals surface area (Å²) in [6.45, 7) is 3.26. The number of hydrogen-bond donors (Lipinski definition) is 1. The largest absolute Gasteiger partial charge is 0.490 e. The smallest absolute Gasteiger partial charge is 0.409 e. The van der Waals surface area contributed by atoms with E-state index in [2.05, 4.69) is 22.0 Å². The minimum Gasteiger partial charge on any atom is -0.490 e. The average molecular weight is 421 g/mol. The highest BCUT2D eigenvalue weighted by Gasteiger charge is 2.23. The van der Waals surface area contributed by atoms with Crippen LogP contribution in [-0.4, -0.2) is 78.5 Å². The molecule has 4 rings (SSSR count). The molecule has 3 aromatic rings. The summed E-state index contributed by atoms with van der Waals surface area (Å²) in [5.74, 6) is 0.723. The Morgan fingerprint density at radius 3 is 2.65 bits per heavy atom. The Balaban J connectivity index is 1.43. The molecule has 1 aromatic heterocycles. The minimum absolute atomic E-state index is 0.183. The van der Waals surface area contributed by atoms with E-state index in [1.165, 1.54) is 7.11 Å². The highest BCUT2D eigenvalue weighted by Crippen LogP contribution is 2.36. The van der Waals surface area contributed by atoms with Gasteiger partial charge in [-0.1, -0.05) is 36.4 Å². The lowest BCUT2D eigenvalue weighted by atomic mass is 9.98. The molecule has 1 N–H and O–H groups in total. The maximum Gasteiger partial charge on any atom is 0.409 e. The van der Waals surface area contributed by atoms with Gasteiger partial charge in [-0.05, 0) is 22.9 Å². The Kier molecular flexibility index (Phi) is 6.64. The molecule has 7 nitrogen and oxygen atoms in total. The van der Waals surface area contributed by atoms with Crippen molar-refractivity contribution < 1.29 is 19.4 Å². The summed E-state index contributed by atoms with van der Waals surface area (Å²) in [6.07, 6.45) is 2.63. The lowest BCUT2D eigenvalue weighted by Gasteiger charge is -2.34. The molecule has 0 radical (unpaired) electrons. The van der Waals surface area contributed by atoms with E-state index in [4.69, 9.17) is 9.47 Å². The van der Waals surface area contributed by atoms with Gasteiger partial charge in [-0.15, -0.1) is 0 Å². The van der Waals surface area contributed by atoms with E-state index in [9.17, 15) is 9.90 Å². The summed E-state index contributed by atoms with van der Waals surface area (Å²) in [5.41, 5.74) is 1.95. The number of hydrogen-bond acceptors (Lipinski definition) is 6. The van der Waals surface area contributed by atoms with Gasteiger partial charge in [0.1, 0.15) is 18.5 Å². The third-order valence-corrected chi connectivity index (χ3v) is 5.55. The molecule has 1 aliphatic heterocycles. The molecule has 2 heterocycles. The van der Waals surface area contributed by atoms with Crippen molar-refractivity contribution in [2.45, 2.75) is 6.10 Å². The van der Waals surface area contributed by atoms with Crippen LogP contribution >= 0.6 is 0 Å². The fraction of sp³-hybridized carbons (Fsp3) is 0.333. The SMILES string of the molecule is COC(=O)N1CCN(CC(O)COc2ccc3ccccc3c2-c2cccnc2)CC1. The van der Waals surface area contributed by atoms with Crippen molar-refractivity contribution in [1.29, 1.82) is 0 Å². The fourth-order valence-corrected chi connectivity index (χ4v) is 3.96. The summed E-state index contributed by atoms with van der Waals surface area (Å²) in [5, 5.41) is 12.8. The van der Waals surface area contributed by atoms with E-state index in [0.717, 1.165) is 27.6 Å². The molecule has 1 unspecified atom stereocenters. The zero-order valence-corrected chi connectivity index (χ0v) is 17.6. The summed E-state index contributed by atoms with van der Waals surface area (Å²) in [6, 6.07) is 16.1. The van der Waals surface area contributed by atoms with Gasteiger partial charge in [0.05, 0.1) is 7.11 Å². The fourth-order valence-electron chi connectivity index (χ4n) is 3.96. The van der Waals surface area contributed by atoms with Crippen LogP contribution in [0.2, 0.25) is 0 Å². The molecule has 7 heteroatoms. The highest BCUT2D eigenvalue weighted by atomic mass is 16.5. The summed E-state index contributed by atoms with van der Waals surface area (Å²) in [7, 11) is 1.39. The standard InChI is InChI=1S/C24H27N3O4/c1-30-24(29)27-13-11-26(12-14-27)16-20(28)17-31-22-9-8-18-5-2-3-7-21(18)23(22)19-6-4-10-25-15-19/h2-10,15,20,28H,11-14,16-17H2,1H3. The van der Waals surface area contributed by atoms with Crippen LogP contribution in [-0.2, 0) is 4.74 Å². The van der Waals surface area contributed by atoms with Crippen molar-refractivity contribution in [2.75, 3.05) is 46.4 Å². The molecule has 1 atom stereocenters. The van der Waals surface area contributed by atoms with Crippen molar-refractivity contribution >= 4 is 16.9 Å². The molecule has 1 aliphatic rings. The lowest BCUT2D eigenvalue weighted by molar-refractivity contribution is 0.0437. The van der Waals surface area contributed by atoms with Crippen molar-refractivity contribution in [2.24, 2.45) is 0 Å². The van der Waals surface area contributed by atoms with E-state index in [0.29, 0.717) is 32.7 Å². The number of methoxy groups -OCH3 is 1. The van der Waals surface area contributed by atoms with Gasteiger partial charge >= 0.3 is 6.09 Å². The van der Waals surface area contributed by atoms with Crippen molar-refractivity contribution in [1.82, 2.24) is 14.8 Å². The first kappa shape index (κ1) is 21.1. The summed E-state index contributed by atoms with van der Waals surface area (Å²) in [4.78, 5) is 19.7. The van der Waals surface area contributed by atoms with Crippen molar-refractivity contribution in [3.63, 3.8) is 0 Å². The van der Waals surface area contributed by atoms with E-state index in [1.807, 2.05) is 42.6 Å². The predicted octanol–water partition coefficient (Wildman–Crippen LogP) is 3.03. The van der Waals surface area contributed by atoms with Crippen LogP contribution in [0.25, 0.3) is 21.9 Å². The van der Waals surface area contributed by atoms with Gasteiger partial charge in [0, 0.05) is 56.2 Å². The van der Waals surface area contributed by atoms with E-state index in [1.54, 1.807) is 11.1 Å². The number of aromatic nitrogens is 1. The van der Waals surface area contributed by atoms with Gasteiger partial charge in [-0.2, -0.15) is 0 Å². The maximum absolute atomic E-state index is 11.6. The monoisotopic (exact) mass is 421 g/mol. The molecule has 0 saturated carbocycles. The molecule has 0 spiro atoms. The Bertz CT molecular complexity index is 1020. The van der Waals surface area contributed by atoms with Gasteiger partial charge in [0.2, 0.25) is 0 Å². The van der Waals surface area contributed by atoms with Crippen LogP contribution in [0.4, 0.5) is 4.79 Å². The minimum atomic E-state index is -0.641. The third kappa shape index (κ3) is 4.95. The highest BCUT2D eigenvalue weighted by molar-refractivity contribution is 5.99. The molecule has 1 fully saturated rings. The zero-order valence-electron chi connectivity index (χ0n) is 17.6. The number of aliphatic hydroxyl groups excluding tert-OH is 1. The second-order valence-corrected chi connectivity index (χ2v) is 7.62. The summed E-state index contributed by atoms with van der Waals surface area (Å²) >= 11 is 0. The van der Waals surface area contributed by atoms with Crippen LogP contribution in [0.15, 0.2) is 60.9 Å². The maximum atomic E-state index is 11.6. The number of aliphatic hydroxyl groups is 1. The molecule has 2 aromatic carbocycles. The lowest BCUT2D eigenvalue weighted by Crippen LogP contribution is -2.50. The van der Waals surface area contributed by atoms with Gasteiger partial charge in [-0.3, -0.25) is 9.88 Å². The first-order valence-electron chi connectivity index (χ1n) is 10.4. The number of carbonyl (C=O) groups is 1. The van der Waals surface area contributed by atoms with Gasteiger partial charge in [-0.25, -0.2) is 4.79 Å². The number of benzene rings is 2. The van der Waals surface area contributed by atoms with Gasteiger partial charge < -0.3 is 19.5 Å². The first-order valence-corrected chi connectivity index (χ1v) is 10.4. The molecular weight excluding hydrogens is 394 g/mol. The number of nitrogens with zero attached hydrogens (tertiary/aromatic N) is 3. The Morgan fingerprint density at radius 2 is 1.90 bits per heavy atom. The molecule has 162 valence electrons. The van der Waals surface area contributed by atoms with Crippen molar-refractivity contribution in [3.8, 4) is 16.9 Å². The van der Waals surface area contributed by atoms with Gasteiger partial charge in [0.25, 0.3) is 0 Å². The molecule has 0 aliphatic carbocycles. The number of piperazine rings is 1. The molecular formula is C24H27N3O4. The Morgan fingerprint density at radius 1 is 1.10 bits per heavy atom. The van der Waals surface area contributed by atoms with Crippen LogP contribution in [0.5, 0.6) is 5.75 Å². The number of fused-ring (bicyclic) bond motifs is 1. The van der Waals surface area contributed by atoms with Gasteiger partial charge in [0.15, 0.2) is 0 Å². The zero-order chi connectivity index (χ0) is 21.6. The number of carbonyl (C=O) groups excluding carboxylic acids is 1. The second-order valence-electron chi connectivity index (χ2n) is 7.62. The van der Waals surface area contributed by atoms with Crippen LogP contribution in [0.1, 0.15) is 0 Å². The topological polar surface area (TPSA) is 75.1 Å². The molecule has 31 heavy (non-hydrogen) atoms. The summed E-state index contributed by atoms with van der Waals surface area (Å²) < 4.78 is 10.9. The van der Waals surface area contributed by atoms with Crippen molar-refractivity contribution in [3.05, 3.63) is 60.9 Å². The van der Waals surface area contributed by atoms with Crippen LogP contribution in [0, 0.1) is 0 Å². The predicted molar refractivity (Wildman–Crippen MR) is 119 cm³/mol. The Hall–Kier alpha value is -3.16. The number of β-amino-alcohol motifs (C(OH)–C–C–N with tert-alkyl or cyclic N) is 1. The van der Waals surface area contributed by atoms with Crippen LogP contribution < -0.4 is 4.74 Å². The van der Waals surface area contributed by atoms with E-state index in [-0.39, 0.29) is 12.7 Å². The number of amides is 1. The second kappa shape index (κ2) is 9.76. The molecule has 1 amide bonds. The number of ether oxygens (including phenoxy) is 2.